The Kier molecular flexibility index (Phi) is 8.29. The van der Waals surface area contributed by atoms with Gasteiger partial charge >= 0.3 is 0 Å². The lowest BCUT2D eigenvalue weighted by atomic mass is 10.2. The largest absolute Gasteiger partial charge is 1.00 e. The number of thiol groups is 1. The zero-order valence-corrected chi connectivity index (χ0v) is 10.4. The molecule has 3 unspecified atom stereocenters. The minimum atomic E-state index is -0.813. The number of nitrogens with zero attached hydrogens (tertiary/aromatic N) is 1. The molecular formula is C8H20ClNO3S. The number of halogens is 1. The second-order valence-electron chi connectivity index (χ2n) is 3.34. The van der Waals surface area contributed by atoms with Crippen molar-refractivity contribution in [2.45, 2.75) is 39.5 Å². The maximum absolute atomic E-state index is 9.55. The minimum absolute atomic E-state index is 0. The second-order valence-corrected chi connectivity index (χ2v) is 3.78. The number of hydrogen-bond acceptors (Lipinski definition) is 4. The lowest BCUT2D eigenvalue weighted by Gasteiger charge is -2.44. The number of hydrogen-bond donors (Lipinski definition) is 4. The number of quaternary nitrogens is 1. The van der Waals surface area contributed by atoms with Crippen LogP contribution in [0.4, 0.5) is 0 Å². The Morgan fingerprint density at radius 1 is 1.00 bits per heavy atom. The maximum Gasteiger partial charge on any atom is 0.191 e. The van der Waals surface area contributed by atoms with E-state index in [1.165, 1.54) is 0 Å². The smallest absolute Gasteiger partial charge is 0.191 e. The molecule has 0 bridgehead atoms. The molecular weight excluding hydrogens is 226 g/mol. The molecule has 0 amide bonds. The van der Waals surface area contributed by atoms with Crippen LogP contribution in [-0.2, 0) is 0 Å². The van der Waals surface area contributed by atoms with Gasteiger partial charge in [0.2, 0.25) is 0 Å². The molecule has 0 rings (SSSR count). The third-order valence-electron chi connectivity index (χ3n) is 2.57. The van der Waals surface area contributed by atoms with Crippen molar-refractivity contribution in [2.24, 2.45) is 0 Å². The average molecular weight is 246 g/mol. The van der Waals surface area contributed by atoms with Crippen molar-refractivity contribution in [2.75, 3.05) is 12.3 Å². The van der Waals surface area contributed by atoms with Crippen LogP contribution >= 0.6 is 12.6 Å². The van der Waals surface area contributed by atoms with Crippen LogP contribution in [0.1, 0.15) is 20.8 Å². The third kappa shape index (κ3) is 3.25. The normalized spacial score (nSPS) is 21.6. The topological polar surface area (TPSA) is 60.7 Å². The van der Waals surface area contributed by atoms with Crippen molar-refractivity contribution in [3.05, 3.63) is 0 Å². The molecule has 6 heteroatoms. The van der Waals surface area contributed by atoms with Gasteiger partial charge in [-0.25, -0.2) is 4.48 Å². The number of aliphatic hydroxyl groups excluding tert-OH is 3. The van der Waals surface area contributed by atoms with Crippen LogP contribution in [0.2, 0.25) is 0 Å². The first kappa shape index (κ1) is 16.9. The molecule has 3 atom stereocenters. The van der Waals surface area contributed by atoms with E-state index in [-0.39, 0.29) is 16.9 Å². The van der Waals surface area contributed by atoms with E-state index in [4.69, 9.17) is 0 Å². The molecule has 14 heavy (non-hydrogen) atoms. The molecule has 0 aliphatic rings. The Bertz CT molecular complexity index is 134. The lowest BCUT2D eigenvalue weighted by molar-refractivity contribution is -1.04. The fraction of sp³-hybridized carbons (Fsp3) is 1.00. The van der Waals surface area contributed by atoms with Crippen molar-refractivity contribution >= 4 is 12.6 Å². The summed E-state index contributed by atoms with van der Waals surface area (Å²) in [5, 5.41) is 28.7. The SMILES string of the molecule is CC(O)[N+](CCS)(C(C)O)C(C)O.[Cl-]. The molecule has 0 heterocycles. The van der Waals surface area contributed by atoms with Gasteiger partial charge in [-0.1, -0.05) is 0 Å². The third-order valence-corrected chi connectivity index (χ3v) is 2.77. The van der Waals surface area contributed by atoms with Gasteiger partial charge in [-0.15, -0.1) is 0 Å². The summed E-state index contributed by atoms with van der Waals surface area (Å²) in [6.45, 7) is 5.10. The molecule has 0 aliphatic heterocycles. The first-order chi connectivity index (χ1) is 5.89. The summed E-state index contributed by atoms with van der Waals surface area (Å²) < 4.78 is -0.149. The van der Waals surface area contributed by atoms with Crippen LogP contribution in [0.15, 0.2) is 0 Å². The van der Waals surface area contributed by atoms with Crippen LogP contribution in [-0.4, -0.2) is 50.8 Å². The van der Waals surface area contributed by atoms with E-state index in [1.807, 2.05) is 0 Å². The summed E-state index contributed by atoms with van der Waals surface area (Å²) in [6, 6.07) is 0. The van der Waals surface area contributed by atoms with E-state index in [2.05, 4.69) is 12.6 Å². The Morgan fingerprint density at radius 3 is 1.36 bits per heavy atom. The fourth-order valence-corrected chi connectivity index (χ4v) is 2.02. The van der Waals surface area contributed by atoms with Crippen molar-refractivity contribution in [3.8, 4) is 0 Å². The Morgan fingerprint density at radius 2 is 1.29 bits per heavy atom. The van der Waals surface area contributed by atoms with Crippen LogP contribution in [0.5, 0.6) is 0 Å². The molecule has 0 fully saturated rings. The monoisotopic (exact) mass is 245 g/mol. The Labute approximate surface area is 97.0 Å². The van der Waals surface area contributed by atoms with Crippen LogP contribution in [0.3, 0.4) is 0 Å². The van der Waals surface area contributed by atoms with E-state index in [9.17, 15) is 15.3 Å². The standard InChI is InChI=1S/C8H19NO3S.ClH/c1-6(10)9(4-5-13,7(2)11)8(3)12;/h6-8,10-12H,4-5H2,1-3H3;1H. The van der Waals surface area contributed by atoms with Gasteiger partial charge in [0.15, 0.2) is 18.7 Å². The molecule has 0 radical (unpaired) electrons. The van der Waals surface area contributed by atoms with Gasteiger partial charge in [0.25, 0.3) is 0 Å². The highest BCUT2D eigenvalue weighted by atomic mass is 35.5. The quantitative estimate of drug-likeness (QED) is 0.234. The van der Waals surface area contributed by atoms with Crippen molar-refractivity contribution < 1.29 is 32.2 Å². The highest BCUT2D eigenvalue weighted by Gasteiger charge is 2.41. The van der Waals surface area contributed by atoms with E-state index >= 15 is 0 Å². The molecule has 88 valence electrons. The van der Waals surface area contributed by atoms with Crippen molar-refractivity contribution in [3.63, 3.8) is 0 Å². The molecule has 3 N–H and O–H groups in total. The molecule has 4 nitrogen and oxygen atoms in total. The molecule has 0 aromatic heterocycles. The first-order valence-electron chi connectivity index (χ1n) is 4.41. The zero-order chi connectivity index (χ0) is 10.6. The minimum Gasteiger partial charge on any atom is -1.00 e. The van der Waals surface area contributed by atoms with Gasteiger partial charge in [-0.3, -0.25) is 0 Å². The predicted molar refractivity (Wildman–Crippen MR) is 54.0 cm³/mol. The van der Waals surface area contributed by atoms with Gasteiger partial charge in [0, 0.05) is 26.5 Å². The summed E-state index contributed by atoms with van der Waals surface area (Å²) in [5.74, 6) is 0.501. The van der Waals surface area contributed by atoms with Crippen molar-refractivity contribution in [1.29, 1.82) is 0 Å². The Balaban J connectivity index is 0. The van der Waals surface area contributed by atoms with Crippen molar-refractivity contribution in [1.82, 2.24) is 0 Å². The fourth-order valence-electron chi connectivity index (χ4n) is 1.67. The maximum atomic E-state index is 9.55. The first-order valence-corrected chi connectivity index (χ1v) is 5.05. The van der Waals surface area contributed by atoms with E-state index in [1.54, 1.807) is 20.8 Å². The lowest BCUT2D eigenvalue weighted by Crippen LogP contribution is -3.00. The van der Waals surface area contributed by atoms with Gasteiger partial charge in [-0.2, -0.15) is 12.6 Å². The summed E-state index contributed by atoms with van der Waals surface area (Å²) in [5.41, 5.74) is 0. The summed E-state index contributed by atoms with van der Waals surface area (Å²) in [6.07, 6.45) is -2.44. The van der Waals surface area contributed by atoms with Gasteiger partial charge in [-0.05, 0) is 0 Å². The molecule has 0 spiro atoms. The van der Waals surface area contributed by atoms with E-state index < -0.39 is 18.7 Å². The number of rotatable bonds is 5. The summed E-state index contributed by atoms with van der Waals surface area (Å²) in [4.78, 5) is 0. The van der Waals surface area contributed by atoms with Crippen LogP contribution in [0, 0.1) is 0 Å². The highest BCUT2D eigenvalue weighted by Crippen LogP contribution is 2.20. The van der Waals surface area contributed by atoms with E-state index in [0.29, 0.717) is 12.3 Å². The van der Waals surface area contributed by atoms with Gasteiger partial charge in [0.05, 0.1) is 6.54 Å². The van der Waals surface area contributed by atoms with Crippen LogP contribution in [0.25, 0.3) is 0 Å². The predicted octanol–water partition coefficient (Wildman–Crippen LogP) is -3.25. The Hall–Kier alpha value is 0.480. The van der Waals surface area contributed by atoms with Gasteiger partial charge in [0.1, 0.15) is 0 Å². The summed E-state index contributed by atoms with van der Waals surface area (Å²) in [7, 11) is 0. The van der Waals surface area contributed by atoms with Gasteiger partial charge < -0.3 is 27.7 Å². The highest BCUT2D eigenvalue weighted by molar-refractivity contribution is 7.80. The zero-order valence-electron chi connectivity index (χ0n) is 8.76. The molecule has 0 aliphatic carbocycles. The second kappa shape index (κ2) is 6.87. The molecule has 0 aromatic rings. The van der Waals surface area contributed by atoms with Crippen LogP contribution < -0.4 is 12.4 Å². The summed E-state index contributed by atoms with van der Waals surface area (Å²) >= 11 is 4.05. The number of aliphatic hydroxyl groups is 3. The molecule has 0 saturated heterocycles. The molecule has 0 aromatic carbocycles. The van der Waals surface area contributed by atoms with E-state index in [0.717, 1.165) is 0 Å². The average Bonchev–Trinajstić information content (AvgIpc) is 1.97. The molecule has 0 saturated carbocycles.